The van der Waals surface area contributed by atoms with Gasteiger partial charge in [-0.2, -0.15) is 0 Å². The Bertz CT molecular complexity index is 843. The van der Waals surface area contributed by atoms with E-state index in [1.165, 1.54) is 0 Å². The van der Waals surface area contributed by atoms with Crippen molar-refractivity contribution in [3.8, 4) is 0 Å². The maximum Gasteiger partial charge on any atom is 0.410 e. The van der Waals surface area contributed by atoms with Crippen molar-refractivity contribution in [2.45, 2.75) is 58.7 Å². The van der Waals surface area contributed by atoms with Crippen LogP contribution in [-0.4, -0.2) is 47.1 Å². The highest BCUT2D eigenvalue weighted by Crippen LogP contribution is 2.22. The smallest absolute Gasteiger partial charge is 0.410 e. The predicted octanol–water partition coefficient (Wildman–Crippen LogP) is 4.82. The van der Waals surface area contributed by atoms with Gasteiger partial charge in [-0.25, -0.2) is 4.79 Å². The van der Waals surface area contributed by atoms with Gasteiger partial charge in [0.25, 0.3) is 0 Å². The summed E-state index contributed by atoms with van der Waals surface area (Å²) in [4.78, 5) is 18.7. The lowest BCUT2D eigenvalue weighted by Gasteiger charge is -2.33. The molecule has 0 bridgehead atoms. The number of ether oxygens (including phenoxy) is 2. The Morgan fingerprint density at radius 1 is 1.26 bits per heavy atom. The summed E-state index contributed by atoms with van der Waals surface area (Å²) >= 11 is 0. The second-order valence-electron chi connectivity index (χ2n) is 9.13. The summed E-state index contributed by atoms with van der Waals surface area (Å²) in [5.41, 5.74) is 2.45. The van der Waals surface area contributed by atoms with Gasteiger partial charge in [0, 0.05) is 18.8 Å². The first-order valence-electron chi connectivity index (χ1n) is 11.1. The van der Waals surface area contributed by atoms with Crippen molar-refractivity contribution < 1.29 is 19.4 Å². The van der Waals surface area contributed by atoms with E-state index in [1.807, 2.05) is 51.1 Å². The third-order valence-corrected chi connectivity index (χ3v) is 5.37. The second-order valence-corrected chi connectivity index (χ2v) is 9.13. The number of nitrogens with zero attached hydrogens (tertiary/aromatic N) is 2. The predicted molar refractivity (Wildman–Crippen MR) is 122 cm³/mol. The summed E-state index contributed by atoms with van der Waals surface area (Å²) in [6, 6.07) is 7.86. The Kier molecular flexibility index (Phi) is 7.91. The standard InChI is InChI=1S/C25H34N2O4/c1-25(2,3)31-24(29)27-13-11-19(12-14-27)18-30-22-9-4-5-10-23(26-16-22)21-8-6-7-20(15-21)17-28/h4,6-9,15-16,19,28H,5,10-14,17-18H2,1-3H3. The third-order valence-electron chi connectivity index (χ3n) is 5.37. The van der Waals surface area contributed by atoms with Gasteiger partial charge in [-0.1, -0.05) is 24.3 Å². The molecule has 0 atom stereocenters. The third kappa shape index (κ3) is 7.24. The van der Waals surface area contributed by atoms with Gasteiger partial charge in [0.15, 0.2) is 0 Å². The Balaban J connectivity index is 1.53. The zero-order valence-corrected chi connectivity index (χ0v) is 18.8. The van der Waals surface area contributed by atoms with Gasteiger partial charge in [0.05, 0.1) is 19.4 Å². The van der Waals surface area contributed by atoms with E-state index < -0.39 is 5.60 Å². The number of likely N-dealkylation sites (tertiary alicyclic amines) is 1. The summed E-state index contributed by atoms with van der Waals surface area (Å²) in [5, 5.41) is 9.38. The molecule has 1 aromatic carbocycles. The number of allylic oxidation sites excluding steroid dienone is 2. The number of carbonyl (C=O) groups excluding carboxylic acids is 1. The van der Waals surface area contributed by atoms with Gasteiger partial charge in [-0.15, -0.1) is 0 Å². The molecule has 0 saturated carbocycles. The molecular weight excluding hydrogens is 392 g/mol. The molecule has 2 heterocycles. The normalized spacial score (nSPS) is 18.0. The number of aliphatic hydroxyl groups excluding tert-OH is 1. The first kappa shape index (κ1) is 23.1. The number of carbonyl (C=O) groups is 1. The summed E-state index contributed by atoms with van der Waals surface area (Å²) in [6.45, 7) is 7.70. The Hall–Kier alpha value is -2.60. The molecule has 1 amide bonds. The average Bonchev–Trinajstić information content (AvgIpc) is 2.72. The summed E-state index contributed by atoms with van der Waals surface area (Å²) in [5.74, 6) is 1.16. The molecule has 2 aliphatic heterocycles. The molecule has 6 nitrogen and oxygen atoms in total. The van der Waals surface area contributed by atoms with Crippen molar-refractivity contribution in [2.24, 2.45) is 10.9 Å². The minimum atomic E-state index is -0.465. The molecule has 0 aromatic heterocycles. The molecule has 6 heteroatoms. The van der Waals surface area contributed by atoms with Crippen LogP contribution in [0.25, 0.3) is 0 Å². The number of amides is 1. The molecule has 2 aliphatic rings. The molecule has 31 heavy (non-hydrogen) atoms. The fourth-order valence-corrected chi connectivity index (χ4v) is 3.64. The number of rotatable bonds is 5. The Morgan fingerprint density at radius 2 is 2.03 bits per heavy atom. The SMILES string of the molecule is CC(C)(C)OC(=O)N1CCC(COC2=CN=C(c3cccc(CO)c3)CCC=C2)CC1. The first-order chi connectivity index (χ1) is 14.8. The van der Waals surface area contributed by atoms with Crippen LogP contribution >= 0.6 is 0 Å². The number of aliphatic imine (C=N–C) groups is 1. The van der Waals surface area contributed by atoms with E-state index in [0.717, 1.165) is 48.3 Å². The van der Waals surface area contributed by atoms with Crippen LogP contribution in [-0.2, 0) is 16.1 Å². The molecule has 0 spiro atoms. The lowest BCUT2D eigenvalue weighted by atomic mass is 9.98. The monoisotopic (exact) mass is 426 g/mol. The van der Waals surface area contributed by atoms with Crippen molar-refractivity contribution in [3.05, 3.63) is 59.5 Å². The lowest BCUT2D eigenvalue weighted by Crippen LogP contribution is -2.42. The van der Waals surface area contributed by atoms with Crippen LogP contribution in [0.1, 0.15) is 57.6 Å². The molecule has 3 rings (SSSR count). The molecular formula is C25H34N2O4. The van der Waals surface area contributed by atoms with Gasteiger partial charge < -0.3 is 19.5 Å². The van der Waals surface area contributed by atoms with E-state index >= 15 is 0 Å². The minimum Gasteiger partial charge on any atom is -0.492 e. The first-order valence-corrected chi connectivity index (χ1v) is 11.1. The van der Waals surface area contributed by atoms with Gasteiger partial charge in [0.2, 0.25) is 0 Å². The Labute approximate surface area is 185 Å². The molecule has 0 unspecified atom stereocenters. The largest absolute Gasteiger partial charge is 0.492 e. The average molecular weight is 427 g/mol. The van der Waals surface area contributed by atoms with Gasteiger partial charge in [0.1, 0.15) is 11.4 Å². The highest BCUT2D eigenvalue weighted by Gasteiger charge is 2.27. The minimum absolute atomic E-state index is 0.0258. The number of hydrogen-bond donors (Lipinski definition) is 1. The zero-order chi connectivity index (χ0) is 22.3. The molecule has 0 aliphatic carbocycles. The van der Waals surface area contributed by atoms with E-state index in [2.05, 4.69) is 11.1 Å². The fraction of sp³-hybridized carbons (Fsp3) is 0.520. The van der Waals surface area contributed by atoms with Gasteiger partial charge in [-0.3, -0.25) is 4.99 Å². The quantitative estimate of drug-likeness (QED) is 0.732. The van der Waals surface area contributed by atoms with Crippen molar-refractivity contribution in [1.29, 1.82) is 0 Å². The Morgan fingerprint density at radius 3 is 2.74 bits per heavy atom. The zero-order valence-electron chi connectivity index (χ0n) is 18.8. The fourth-order valence-electron chi connectivity index (χ4n) is 3.64. The van der Waals surface area contributed by atoms with Crippen molar-refractivity contribution in [2.75, 3.05) is 19.7 Å². The van der Waals surface area contributed by atoms with E-state index in [4.69, 9.17) is 9.47 Å². The highest BCUT2D eigenvalue weighted by molar-refractivity contribution is 6.01. The molecule has 1 saturated heterocycles. The molecule has 1 fully saturated rings. The van der Waals surface area contributed by atoms with E-state index in [0.29, 0.717) is 25.6 Å². The summed E-state index contributed by atoms with van der Waals surface area (Å²) < 4.78 is 11.5. The topological polar surface area (TPSA) is 71.4 Å². The lowest BCUT2D eigenvalue weighted by molar-refractivity contribution is 0.0150. The van der Waals surface area contributed by atoms with Crippen molar-refractivity contribution in [1.82, 2.24) is 4.90 Å². The molecule has 168 valence electrons. The maximum absolute atomic E-state index is 12.2. The number of hydrogen-bond acceptors (Lipinski definition) is 5. The molecule has 1 aromatic rings. The van der Waals surface area contributed by atoms with Crippen LogP contribution in [0.5, 0.6) is 0 Å². The van der Waals surface area contributed by atoms with E-state index in [1.54, 1.807) is 11.1 Å². The summed E-state index contributed by atoms with van der Waals surface area (Å²) in [7, 11) is 0. The van der Waals surface area contributed by atoms with E-state index in [-0.39, 0.29) is 12.7 Å². The van der Waals surface area contributed by atoms with E-state index in [9.17, 15) is 9.90 Å². The van der Waals surface area contributed by atoms with Crippen LogP contribution in [0, 0.1) is 5.92 Å². The number of piperidine rings is 1. The number of aliphatic hydroxyl groups is 1. The van der Waals surface area contributed by atoms with Crippen LogP contribution < -0.4 is 0 Å². The van der Waals surface area contributed by atoms with Crippen LogP contribution in [0.4, 0.5) is 4.79 Å². The van der Waals surface area contributed by atoms with Gasteiger partial charge >= 0.3 is 6.09 Å². The number of benzene rings is 1. The molecule has 0 radical (unpaired) electrons. The van der Waals surface area contributed by atoms with Crippen LogP contribution in [0.2, 0.25) is 0 Å². The van der Waals surface area contributed by atoms with Crippen LogP contribution in [0.3, 0.4) is 0 Å². The highest BCUT2D eigenvalue weighted by atomic mass is 16.6. The van der Waals surface area contributed by atoms with Crippen molar-refractivity contribution in [3.63, 3.8) is 0 Å². The molecule has 1 N–H and O–H groups in total. The van der Waals surface area contributed by atoms with Gasteiger partial charge in [-0.05, 0) is 75.6 Å². The summed E-state index contributed by atoms with van der Waals surface area (Å²) in [6.07, 6.45) is 9.19. The second kappa shape index (κ2) is 10.6. The van der Waals surface area contributed by atoms with Crippen LogP contribution in [0.15, 0.2) is 53.4 Å². The van der Waals surface area contributed by atoms with Crippen molar-refractivity contribution >= 4 is 11.8 Å². The maximum atomic E-state index is 12.2.